The third-order valence-electron chi connectivity index (χ3n) is 6.06. The number of carbonyl (C=O) groups is 2. The van der Waals surface area contributed by atoms with Crippen molar-refractivity contribution in [1.29, 1.82) is 0 Å². The molecular formula is C17H18N2O2. The highest BCUT2D eigenvalue weighted by Gasteiger charge is 2.68. The highest BCUT2D eigenvalue weighted by Crippen LogP contribution is 2.69. The van der Waals surface area contributed by atoms with Gasteiger partial charge in [0.25, 0.3) is 0 Å². The number of carbonyl (C=O) groups excluding carboxylic acids is 2. The van der Waals surface area contributed by atoms with Crippen LogP contribution in [0.5, 0.6) is 0 Å². The number of nitrogens with zero attached hydrogens (tertiary/aromatic N) is 1. The second-order valence-electron chi connectivity index (χ2n) is 7.00. The number of anilines is 2. The summed E-state index contributed by atoms with van der Waals surface area (Å²) in [5.41, 5.74) is 1.62. The van der Waals surface area contributed by atoms with Gasteiger partial charge in [-0.05, 0) is 55.1 Å². The second kappa shape index (κ2) is 3.87. The zero-order valence-electron chi connectivity index (χ0n) is 11.8. The van der Waals surface area contributed by atoms with Crippen LogP contribution in [0.1, 0.15) is 19.3 Å². The molecule has 1 N–H and O–H groups in total. The van der Waals surface area contributed by atoms with Crippen molar-refractivity contribution >= 4 is 23.2 Å². The van der Waals surface area contributed by atoms with E-state index in [1.807, 2.05) is 24.3 Å². The van der Waals surface area contributed by atoms with Crippen molar-refractivity contribution in [1.82, 2.24) is 0 Å². The lowest BCUT2D eigenvalue weighted by Gasteiger charge is -2.30. The van der Waals surface area contributed by atoms with E-state index in [2.05, 4.69) is 5.32 Å². The molecule has 1 aromatic carbocycles. The van der Waals surface area contributed by atoms with Crippen LogP contribution in [0.15, 0.2) is 24.3 Å². The van der Waals surface area contributed by atoms with Gasteiger partial charge >= 0.3 is 0 Å². The Labute approximate surface area is 123 Å². The SMILES string of the molecule is O=C1CN(C(=O)C2C3C4CCC(C4)C23)c2ccccc2N1. The van der Waals surface area contributed by atoms with Gasteiger partial charge in [0.2, 0.25) is 11.8 Å². The molecular weight excluding hydrogens is 264 g/mol. The lowest BCUT2D eigenvalue weighted by atomic mass is 10.0. The first kappa shape index (κ1) is 11.8. The van der Waals surface area contributed by atoms with E-state index >= 15 is 0 Å². The predicted molar refractivity (Wildman–Crippen MR) is 78.7 cm³/mol. The van der Waals surface area contributed by atoms with Crippen LogP contribution >= 0.6 is 0 Å². The fourth-order valence-electron chi connectivity index (χ4n) is 5.27. The molecule has 2 bridgehead atoms. The van der Waals surface area contributed by atoms with E-state index in [0.717, 1.165) is 23.2 Å². The minimum absolute atomic E-state index is 0.0872. The van der Waals surface area contributed by atoms with Gasteiger partial charge in [-0.25, -0.2) is 0 Å². The number of hydrogen-bond acceptors (Lipinski definition) is 2. The van der Waals surface area contributed by atoms with Crippen molar-refractivity contribution in [2.24, 2.45) is 29.6 Å². The van der Waals surface area contributed by atoms with Crippen molar-refractivity contribution < 1.29 is 9.59 Å². The average molecular weight is 282 g/mol. The summed E-state index contributed by atoms with van der Waals surface area (Å²) in [4.78, 5) is 26.5. The normalized spacial score (nSPS) is 38.8. The van der Waals surface area contributed by atoms with Crippen molar-refractivity contribution in [3.8, 4) is 0 Å². The van der Waals surface area contributed by atoms with E-state index in [0.29, 0.717) is 11.8 Å². The smallest absolute Gasteiger partial charge is 0.244 e. The Morgan fingerprint density at radius 2 is 1.86 bits per heavy atom. The van der Waals surface area contributed by atoms with Gasteiger partial charge in [0.15, 0.2) is 0 Å². The molecule has 1 heterocycles. The Hall–Kier alpha value is -1.84. The summed E-state index contributed by atoms with van der Waals surface area (Å²) in [7, 11) is 0. The summed E-state index contributed by atoms with van der Waals surface area (Å²) in [6, 6.07) is 7.61. The molecule has 0 spiro atoms. The molecule has 3 fully saturated rings. The van der Waals surface area contributed by atoms with Gasteiger partial charge in [-0.1, -0.05) is 12.1 Å². The van der Waals surface area contributed by atoms with Gasteiger partial charge in [0.1, 0.15) is 6.54 Å². The molecule has 108 valence electrons. The van der Waals surface area contributed by atoms with Crippen LogP contribution in [0.2, 0.25) is 0 Å². The third-order valence-corrected chi connectivity index (χ3v) is 6.06. The molecule has 4 unspecified atom stereocenters. The molecule has 0 radical (unpaired) electrons. The van der Waals surface area contributed by atoms with E-state index in [1.54, 1.807) is 4.90 Å². The molecule has 0 aromatic heterocycles. The molecule has 5 rings (SSSR count). The van der Waals surface area contributed by atoms with Crippen LogP contribution in [0.3, 0.4) is 0 Å². The number of fused-ring (bicyclic) bond motifs is 6. The second-order valence-corrected chi connectivity index (χ2v) is 7.00. The fourth-order valence-corrected chi connectivity index (χ4v) is 5.27. The van der Waals surface area contributed by atoms with Crippen LogP contribution in [0.25, 0.3) is 0 Å². The first-order valence-electron chi connectivity index (χ1n) is 7.94. The average Bonchev–Trinajstić information content (AvgIpc) is 2.93. The van der Waals surface area contributed by atoms with Gasteiger partial charge in [0, 0.05) is 5.92 Å². The van der Waals surface area contributed by atoms with Crippen LogP contribution in [-0.4, -0.2) is 18.4 Å². The van der Waals surface area contributed by atoms with Gasteiger partial charge in [-0.15, -0.1) is 0 Å². The first-order valence-corrected chi connectivity index (χ1v) is 7.94. The van der Waals surface area contributed by atoms with Gasteiger partial charge in [-0.3, -0.25) is 9.59 Å². The molecule has 4 atom stereocenters. The molecule has 1 aliphatic heterocycles. The zero-order chi connectivity index (χ0) is 14.1. The molecule has 21 heavy (non-hydrogen) atoms. The summed E-state index contributed by atoms with van der Waals surface area (Å²) in [6.07, 6.45) is 3.97. The Morgan fingerprint density at radius 1 is 1.14 bits per heavy atom. The van der Waals surface area contributed by atoms with E-state index in [4.69, 9.17) is 0 Å². The molecule has 1 aromatic rings. The largest absolute Gasteiger partial charge is 0.323 e. The van der Waals surface area contributed by atoms with Gasteiger partial charge in [0.05, 0.1) is 11.4 Å². The van der Waals surface area contributed by atoms with Crippen LogP contribution in [-0.2, 0) is 9.59 Å². The lowest BCUT2D eigenvalue weighted by Crippen LogP contribution is -2.43. The molecule has 2 amide bonds. The first-order chi connectivity index (χ1) is 10.2. The van der Waals surface area contributed by atoms with E-state index in [9.17, 15) is 9.59 Å². The number of hydrogen-bond donors (Lipinski definition) is 1. The van der Waals surface area contributed by atoms with Crippen LogP contribution < -0.4 is 10.2 Å². The quantitative estimate of drug-likeness (QED) is 0.859. The van der Waals surface area contributed by atoms with Gasteiger partial charge in [-0.2, -0.15) is 0 Å². The summed E-state index contributed by atoms with van der Waals surface area (Å²) >= 11 is 0. The summed E-state index contributed by atoms with van der Waals surface area (Å²) < 4.78 is 0. The van der Waals surface area contributed by atoms with E-state index in [-0.39, 0.29) is 24.3 Å². The number of benzene rings is 1. The third kappa shape index (κ3) is 1.50. The van der Waals surface area contributed by atoms with Crippen molar-refractivity contribution in [2.75, 3.05) is 16.8 Å². The minimum atomic E-state index is -0.0872. The van der Waals surface area contributed by atoms with Crippen molar-refractivity contribution in [3.63, 3.8) is 0 Å². The molecule has 3 aliphatic carbocycles. The van der Waals surface area contributed by atoms with E-state index < -0.39 is 0 Å². The standard InChI is InChI=1S/C17H18N2O2/c20-13-8-19(12-4-2-1-3-11(12)18-13)17(21)16-14-9-5-6-10(7-9)15(14)16/h1-4,9-10,14-16H,5-8H2,(H,18,20). The maximum atomic E-state index is 12.9. The van der Waals surface area contributed by atoms with Crippen molar-refractivity contribution in [2.45, 2.75) is 19.3 Å². The summed E-state index contributed by atoms with van der Waals surface area (Å²) in [5.74, 6) is 3.09. The Balaban J connectivity index is 1.46. The Morgan fingerprint density at radius 3 is 2.62 bits per heavy atom. The minimum Gasteiger partial charge on any atom is -0.323 e. The highest BCUT2D eigenvalue weighted by molar-refractivity contribution is 6.11. The monoisotopic (exact) mass is 282 g/mol. The van der Waals surface area contributed by atoms with Crippen LogP contribution in [0, 0.1) is 29.6 Å². The zero-order valence-corrected chi connectivity index (χ0v) is 11.8. The van der Waals surface area contributed by atoms with Crippen molar-refractivity contribution in [3.05, 3.63) is 24.3 Å². The topological polar surface area (TPSA) is 49.4 Å². The molecule has 4 aliphatic rings. The molecule has 4 heteroatoms. The number of rotatable bonds is 1. The predicted octanol–water partition coefficient (Wildman–Crippen LogP) is 2.26. The van der Waals surface area contributed by atoms with Gasteiger partial charge < -0.3 is 10.2 Å². The highest BCUT2D eigenvalue weighted by atomic mass is 16.2. The summed E-state index contributed by atoms with van der Waals surface area (Å²) in [5, 5.41) is 2.85. The number of para-hydroxylation sites is 2. The maximum Gasteiger partial charge on any atom is 0.244 e. The molecule has 4 nitrogen and oxygen atoms in total. The van der Waals surface area contributed by atoms with E-state index in [1.165, 1.54) is 19.3 Å². The number of amides is 2. The summed E-state index contributed by atoms with van der Waals surface area (Å²) in [6.45, 7) is 0.168. The lowest BCUT2D eigenvalue weighted by molar-refractivity contribution is -0.123. The number of nitrogens with one attached hydrogen (secondary N) is 1. The Bertz CT molecular complexity index is 640. The Kier molecular flexibility index (Phi) is 2.17. The maximum absolute atomic E-state index is 12.9. The molecule has 3 saturated carbocycles. The fraction of sp³-hybridized carbons (Fsp3) is 0.529. The van der Waals surface area contributed by atoms with Crippen LogP contribution in [0.4, 0.5) is 11.4 Å². The molecule has 0 saturated heterocycles.